The van der Waals surface area contributed by atoms with Crippen LogP contribution in [-0.2, 0) is 0 Å². The van der Waals surface area contributed by atoms with Gasteiger partial charge in [-0.15, -0.1) is 0 Å². The fraction of sp³-hybridized carbons (Fsp3) is 0.143. The molecular formula is C14H11Br3N4O4. The average molecular weight is 539 g/mol. The van der Waals surface area contributed by atoms with Gasteiger partial charge in [0.25, 0.3) is 0 Å². The molecule has 132 valence electrons. The van der Waals surface area contributed by atoms with Gasteiger partial charge in [0.15, 0.2) is 28.6 Å². The van der Waals surface area contributed by atoms with Crippen molar-refractivity contribution in [2.45, 2.75) is 0 Å². The van der Waals surface area contributed by atoms with Crippen molar-refractivity contribution in [2.24, 2.45) is 0 Å². The molecule has 2 heterocycles. The number of methoxy groups -OCH3 is 1. The van der Waals surface area contributed by atoms with Crippen LogP contribution in [0.25, 0.3) is 0 Å². The van der Waals surface area contributed by atoms with E-state index in [4.69, 9.17) is 25.5 Å². The van der Waals surface area contributed by atoms with Gasteiger partial charge in [0.05, 0.1) is 11.6 Å². The van der Waals surface area contributed by atoms with E-state index >= 15 is 0 Å². The molecule has 0 saturated carbocycles. The second-order valence-corrected chi connectivity index (χ2v) is 6.17. The number of rotatable bonds is 1. The molecule has 0 radical (unpaired) electrons. The summed E-state index contributed by atoms with van der Waals surface area (Å²) in [5, 5.41) is 42.4. The zero-order valence-electron chi connectivity index (χ0n) is 12.8. The molecule has 0 atom stereocenters. The first-order valence-electron chi connectivity index (χ1n) is 6.07. The second kappa shape index (κ2) is 11.6. The van der Waals surface area contributed by atoms with Crippen molar-refractivity contribution in [3.8, 4) is 29.4 Å². The number of aliphatic hydroxyl groups is 1. The smallest absolute Gasteiger partial charge is 0.195 e. The molecule has 0 aliphatic carbocycles. The van der Waals surface area contributed by atoms with E-state index in [1.165, 1.54) is 13.2 Å². The van der Waals surface area contributed by atoms with E-state index in [2.05, 4.69) is 57.8 Å². The molecule has 0 spiro atoms. The Morgan fingerprint density at radius 2 is 1.36 bits per heavy atom. The molecule has 2 rings (SSSR count). The number of nitrogens with zero attached hydrogens (tertiary/aromatic N) is 4. The van der Waals surface area contributed by atoms with Crippen LogP contribution in [0.1, 0.15) is 11.4 Å². The topological polar surface area (TPSA) is 143 Å². The van der Waals surface area contributed by atoms with E-state index in [1.54, 1.807) is 18.2 Å². The highest BCUT2D eigenvalue weighted by atomic mass is 79.9. The van der Waals surface area contributed by atoms with Gasteiger partial charge in [0.1, 0.15) is 21.3 Å². The van der Waals surface area contributed by atoms with E-state index in [0.29, 0.717) is 13.7 Å². The Hall–Kier alpha value is -1.92. The molecule has 2 aromatic heterocycles. The average Bonchev–Trinajstić information content (AvgIpc) is 2.61. The first-order chi connectivity index (χ1) is 11.8. The monoisotopic (exact) mass is 536 g/mol. The van der Waals surface area contributed by atoms with Crippen molar-refractivity contribution in [3.05, 3.63) is 37.2 Å². The van der Waals surface area contributed by atoms with E-state index in [-0.39, 0.29) is 28.6 Å². The van der Waals surface area contributed by atoms with Gasteiger partial charge in [-0.25, -0.2) is 9.97 Å². The molecule has 0 fully saturated rings. The third-order valence-corrected chi connectivity index (χ3v) is 3.69. The summed E-state index contributed by atoms with van der Waals surface area (Å²) in [6, 6.07) is 6.54. The van der Waals surface area contributed by atoms with Gasteiger partial charge in [-0.2, -0.15) is 10.5 Å². The first kappa shape index (κ1) is 23.1. The molecule has 25 heavy (non-hydrogen) atoms. The number of aromatic hydroxyl groups is 2. The Bertz CT molecular complexity index is 819. The zero-order valence-corrected chi connectivity index (χ0v) is 17.6. The number of nitriles is 2. The summed E-state index contributed by atoms with van der Waals surface area (Å²) in [7, 11) is 2.41. The van der Waals surface area contributed by atoms with Crippen LogP contribution in [0.4, 0.5) is 0 Å². The Morgan fingerprint density at radius 3 is 1.80 bits per heavy atom. The highest BCUT2D eigenvalue weighted by Crippen LogP contribution is 2.30. The predicted molar refractivity (Wildman–Crippen MR) is 99.0 cm³/mol. The number of aromatic nitrogens is 2. The van der Waals surface area contributed by atoms with Crippen LogP contribution >= 0.6 is 47.8 Å². The van der Waals surface area contributed by atoms with Crippen molar-refractivity contribution in [1.82, 2.24) is 9.97 Å². The van der Waals surface area contributed by atoms with Crippen molar-refractivity contribution in [1.29, 1.82) is 10.5 Å². The second-order valence-electron chi connectivity index (χ2n) is 3.69. The molecule has 2 aromatic rings. The minimum absolute atomic E-state index is 0.00579. The van der Waals surface area contributed by atoms with Crippen LogP contribution in [0, 0.1) is 22.7 Å². The number of hydrogen-bond acceptors (Lipinski definition) is 8. The summed E-state index contributed by atoms with van der Waals surface area (Å²) >= 11 is 9.23. The summed E-state index contributed by atoms with van der Waals surface area (Å²) < 4.78 is 6.22. The van der Waals surface area contributed by atoms with Gasteiger partial charge >= 0.3 is 0 Å². The SMILES string of the molecule is CO.COc1cc(Br)nc(C#N)c1O.N#Cc1nc(Br)cc(Br)c1O. The lowest BCUT2D eigenvalue weighted by atomic mass is 10.3. The van der Waals surface area contributed by atoms with E-state index in [0.717, 1.165) is 7.11 Å². The minimum Gasteiger partial charge on any atom is -0.504 e. The molecule has 0 aromatic carbocycles. The molecule has 3 N–H and O–H groups in total. The van der Waals surface area contributed by atoms with Crippen molar-refractivity contribution in [2.75, 3.05) is 14.2 Å². The third kappa shape index (κ3) is 6.84. The quantitative estimate of drug-likeness (QED) is 0.470. The Morgan fingerprint density at radius 1 is 0.920 bits per heavy atom. The molecule has 0 bridgehead atoms. The third-order valence-electron chi connectivity index (χ3n) is 2.27. The Balaban J connectivity index is 0.000000421. The maximum absolute atomic E-state index is 9.28. The minimum atomic E-state index is -0.233. The number of pyridine rings is 2. The number of aliphatic hydroxyl groups excluding tert-OH is 1. The lowest BCUT2D eigenvalue weighted by Gasteiger charge is -2.03. The molecule has 0 unspecified atom stereocenters. The lowest BCUT2D eigenvalue weighted by molar-refractivity contribution is 0.370. The zero-order chi connectivity index (χ0) is 19.6. The van der Waals surface area contributed by atoms with Crippen LogP contribution in [0.3, 0.4) is 0 Å². The molecule has 0 aliphatic heterocycles. The number of hydrogen-bond donors (Lipinski definition) is 3. The van der Waals surface area contributed by atoms with Crippen molar-refractivity contribution < 1.29 is 20.1 Å². The van der Waals surface area contributed by atoms with Crippen LogP contribution in [0.15, 0.2) is 25.8 Å². The molecular weight excluding hydrogens is 528 g/mol. The normalized spacial score (nSPS) is 8.64. The molecule has 0 amide bonds. The summed E-state index contributed by atoms with van der Waals surface area (Å²) in [6.45, 7) is 0. The summed E-state index contributed by atoms with van der Waals surface area (Å²) in [6.07, 6.45) is 0. The first-order valence-corrected chi connectivity index (χ1v) is 8.45. The summed E-state index contributed by atoms with van der Waals surface area (Å²) in [5.41, 5.74) is -0.0486. The summed E-state index contributed by atoms with van der Waals surface area (Å²) in [5.74, 6) is -0.132. The molecule has 11 heteroatoms. The largest absolute Gasteiger partial charge is 0.504 e. The Kier molecular flexibility index (Phi) is 10.7. The van der Waals surface area contributed by atoms with Crippen LogP contribution < -0.4 is 4.74 Å². The standard InChI is InChI=1S/C7H5BrN2O2.C6H2Br2N2O.CH4O/c1-12-5-2-6(8)10-4(3-9)7(5)11;7-3-1-5(8)10-4(2-9)6(3)11;1-2/h2,11H,1H3;1,11H;2H,1H3. The van der Waals surface area contributed by atoms with Gasteiger partial charge in [-0.1, -0.05) is 0 Å². The molecule has 8 nitrogen and oxygen atoms in total. The van der Waals surface area contributed by atoms with Gasteiger partial charge in [-0.05, 0) is 53.9 Å². The summed E-state index contributed by atoms with van der Waals surface area (Å²) in [4.78, 5) is 7.45. The van der Waals surface area contributed by atoms with Crippen molar-refractivity contribution in [3.63, 3.8) is 0 Å². The maximum Gasteiger partial charge on any atom is 0.195 e. The highest BCUT2D eigenvalue weighted by molar-refractivity contribution is 9.11. The fourth-order valence-corrected chi connectivity index (χ4v) is 2.78. The fourth-order valence-electron chi connectivity index (χ4n) is 1.27. The number of halogens is 3. The molecule has 0 aliphatic rings. The van der Waals surface area contributed by atoms with Crippen LogP contribution in [0.5, 0.6) is 17.2 Å². The highest BCUT2D eigenvalue weighted by Gasteiger charge is 2.10. The predicted octanol–water partition coefficient (Wildman–Crippen LogP) is 3.22. The van der Waals surface area contributed by atoms with E-state index in [9.17, 15) is 5.11 Å². The number of ether oxygens (including phenoxy) is 1. The van der Waals surface area contributed by atoms with E-state index in [1.807, 2.05) is 0 Å². The maximum atomic E-state index is 9.28. The van der Waals surface area contributed by atoms with Gasteiger partial charge in [0.2, 0.25) is 0 Å². The Labute approximate surface area is 168 Å². The van der Waals surface area contributed by atoms with Gasteiger partial charge < -0.3 is 20.1 Å². The van der Waals surface area contributed by atoms with Crippen LogP contribution in [-0.4, -0.2) is 39.5 Å². The van der Waals surface area contributed by atoms with Gasteiger partial charge in [-0.3, -0.25) is 0 Å². The van der Waals surface area contributed by atoms with Crippen molar-refractivity contribution >= 4 is 47.8 Å². The van der Waals surface area contributed by atoms with Crippen LogP contribution in [0.2, 0.25) is 0 Å². The van der Waals surface area contributed by atoms with Gasteiger partial charge in [0, 0.05) is 13.2 Å². The molecule has 0 saturated heterocycles. The lowest BCUT2D eigenvalue weighted by Crippen LogP contribution is -1.90. The van der Waals surface area contributed by atoms with E-state index < -0.39 is 0 Å².